The first-order chi connectivity index (χ1) is 10.7. The molecule has 0 amide bonds. The SMILES string of the molecule is CC(C)n1cc(-c2ccccc2)c(-c2ccccc2)c1C#N. The molecular formula is C20H18N2. The highest BCUT2D eigenvalue weighted by molar-refractivity contribution is 5.87. The second kappa shape index (κ2) is 5.91. The third-order valence-electron chi connectivity index (χ3n) is 3.84. The zero-order valence-corrected chi connectivity index (χ0v) is 12.8. The molecule has 3 rings (SSSR count). The van der Waals surface area contributed by atoms with Gasteiger partial charge in [0.2, 0.25) is 0 Å². The van der Waals surface area contributed by atoms with Crippen LogP contribution in [0.5, 0.6) is 0 Å². The van der Waals surface area contributed by atoms with Crippen LogP contribution in [0.4, 0.5) is 0 Å². The van der Waals surface area contributed by atoms with E-state index in [0.29, 0.717) is 0 Å². The van der Waals surface area contributed by atoms with Gasteiger partial charge in [-0.25, -0.2) is 0 Å². The van der Waals surface area contributed by atoms with Gasteiger partial charge in [0.1, 0.15) is 11.8 Å². The van der Waals surface area contributed by atoms with Crippen LogP contribution in [0.2, 0.25) is 0 Å². The molecule has 3 aromatic rings. The van der Waals surface area contributed by atoms with Crippen LogP contribution in [0.3, 0.4) is 0 Å². The van der Waals surface area contributed by atoms with Crippen molar-refractivity contribution in [2.24, 2.45) is 0 Å². The summed E-state index contributed by atoms with van der Waals surface area (Å²) in [4.78, 5) is 0. The monoisotopic (exact) mass is 286 g/mol. The lowest BCUT2D eigenvalue weighted by molar-refractivity contribution is 0.598. The van der Waals surface area contributed by atoms with Crippen molar-refractivity contribution < 1.29 is 0 Å². The molecule has 0 saturated heterocycles. The molecule has 0 aliphatic rings. The van der Waals surface area contributed by atoms with Gasteiger partial charge in [-0.1, -0.05) is 60.7 Å². The van der Waals surface area contributed by atoms with Crippen LogP contribution in [-0.4, -0.2) is 4.57 Å². The number of hydrogen-bond donors (Lipinski definition) is 0. The van der Waals surface area contributed by atoms with Crippen molar-refractivity contribution in [1.29, 1.82) is 5.26 Å². The molecule has 0 atom stereocenters. The third-order valence-corrected chi connectivity index (χ3v) is 3.84. The molecule has 1 aromatic heterocycles. The predicted molar refractivity (Wildman–Crippen MR) is 90.4 cm³/mol. The number of nitrogens with zero attached hydrogens (tertiary/aromatic N) is 2. The fourth-order valence-corrected chi connectivity index (χ4v) is 2.78. The topological polar surface area (TPSA) is 28.7 Å². The van der Waals surface area contributed by atoms with Crippen molar-refractivity contribution in [1.82, 2.24) is 4.57 Å². The Morgan fingerprint density at radius 3 is 1.91 bits per heavy atom. The molecule has 2 heteroatoms. The van der Waals surface area contributed by atoms with Crippen molar-refractivity contribution in [3.8, 4) is 28.3 Å². The Morgan fingerprint density at radius 2 is 1.41 bits per heavy atom. The number of benzene rings is 2. The minimum Gasteiger partial charge on any atom is -0.336 e. The lowest BCUT2D eigenvalue weighted by atomic mass is 9.97. The molecule has 22 heavy (non-hydrogen) atoms. The summed E-state index contributed by atoms with van der Waals surface area (Å²) in [6.45, 7) is 4.20. The molecule has 108 valence electrons. The largest absolute Gasteiger partial charge is 0.336 e. The van der Waals surface area contributed by atoms with Crippen molar-refractivity contribution in [3.63, 3.8) is 0 Å². The van der Waals surface area contributed by atoms with Gasteiger partial charge in [-0.15, -0.1) is 0 Å². The lowest BCUT2D eigenvalue weighted by Crippen LogP contribution is -2.01. The van der Waals surface area contributed by atoms with Crippen LogP contribution in [0.1, 0.15) is 25.6 Å². The lowest BCUT2D eigenvalue weighted by Gasteiger charge is -2.09. The molecule has 0 bridgehead atoms. The molecule has 2 aromatic carbocycles. The van der Waals surface area contributed by atoms with Gasteiger partial charge in [0.15, 0.2) is 0 Å². The van der Waals surface area contributed by atoms with Gasteiger partial charge in [0.25, 0.3) is 0 Å². The Kier molecular flexibility index (Phi) is 3.80. The summed E-state index contributed by atoms with van der Waals surface area (Å²) in [5.74, 6) is 0. The minimum atomic E-state index is 0.245. The Morgan fingerprint density at radius 1 is 0.864 bits per heavy atom. The van der Waals surface area contributed by atoms with Gasteiger partial charge in [-0.05, 0) is 25.0 Å². The van der Waals surface area contributed by atoms with E-state index in [-0.39, 0.29) is 6.04 Å². The maximum atomic E-state index is 9.70. The van der Waals surface area contributed by atoms with E-state index in [0.717, 1.165) is 27.9 Å². The molecule has 0 spiro atoms. The quantitative estimate of drug-likeness (QED) is 0.644. The zero-order chi connectivity index (χ0) is 15.5. The average molecular weight is 286 g/mol. The summed E-state index contributed by atoms with van der Waals surface area (Å²) in [7, 11) is 0. The van der Waals surface area contributed by atoms with E-state index in [1.165, 1.54) is 0 Å². The van der Waals surface area contributed by atoms with Gasteiger partial charge < -0.3 is 4.57 Å². The van der Waals surface area contributed by atoms with Crippen LogP contribution in [0, 0.1) is 11.3 Å². The highest BCUT2D eigenvalue weighted by Crippen LogP contribution is 2.37. The van der Waals surface area contributed by atoms with E-state index in [1.807, 2.05) is 36.4 Å². The van der Waals surface area contributed by atoms with Crippen LogP contribution >= 0.6 is 0 Å². The maximum Gasteiger partial charge on any atom is 0.129 e. The van der Waals surface area contributed by atoms with Crippen LogP contribution in [0.15, 0.2) is 66.9 Å². The van der Waals surface area contributed by atoms with E-state index in [2.05, 4.69) is 54.9 Å². The molecule has 0 radical (unpaired) electrons. The normalized spacial score (nSPS) is 10.6. The van der Waals surface area contributed by atoms with Crippen LogP contribution in [-0.2, 0) is 0 Å². The van der Waals surface area contributed by atoms with Crippen molar-refractivity contribution in [3.05, 3.63) is 72.6 Å². The Bertz CT molecular complexity index is 806. The Hall–Kier alpha value is -2.79. The van der Waals surface area contributed by atoms with Gasteiger partial charge in [-0.3, -0.25) is 0 Å². The predicted octanol–water partition coefficient (Wildman–Crippen LogP) is 5.27. The molecule has 0 N–H and O–H groups in total. The molecular weight excluding hydrogens is 268 g/mol. The smallest absolute Gasteiger partial charge is 0.129 e. The van der Waals surface area contributed by atoms with E-state index in [9.17, 15) is 5.26 Å². The summed E-state index contributed by atoms with van der Waals surface area (Å²) < 4.78 is 2.06. The number of nitriles is 1. The van der Waals surface area contributed by atoms with E-state index >= 15 is 0 Å². The minimum absolute atomic E-state index is 0.245. The fraction of sp³-hybridized carbons (Fsp3) is 0.150. The number of hydrogen-bond acceptors (Lipinski definition) is 1. The number of aromatic nitrogens is 1. The van der Waals surface area contributed by atoms with E-state index < -0.39 is 0 Å². The van der Waals surface area contributed by atoms with Gasteiger partial charge in [0, 0.05) is 23.4 Å². The highest BCUT2D eigenvalue weighted by Gasteiger charge is 2.19. The third kappa shape index (κ3) is 2.42. The maximum absolute atomic E-state index is 9.70. The molecule has 0 aliphatic carbocycles. The first-order valence-electron chi connectivity index (χ1n) is 7.48. The summed E-state index contributed by atoms with van der Waals surface area (Å²) in [5, 5.41) is 9.70. The van der Waals surface area contributed by atoms with Gasteiger partial charge in [0.05, 0.1) is 0 Å². The van der Waals surface area contributed by atoms with Crippen molar-refractivity contribution in [2.45, 2.75) is 19.9 Å². The first kappa shape index (κ1) is 14.2. The molecule has 1 heterocycles. The van der Waals surface area contributed by atoms with Crippen LogP contribution in [0.25, 0.3) is 22.3 Å². The summed E-state index contributed by atoms with van der Waals surface area (Å²) >= 11 is 0. The second-order valence-corrected chi connectivity index (χ2v) is 5.61. The fourth-order valence-electron chi connectivity index (χ4n) is 2.78. The average Bonchev–Trinajstić information content (AvgIpc) is 2.96. The van der Waals surface area contributed by atoms with Crippen molar-refractivity contribution in [2.75, 3.05) is 0 Å². The first-order valence-corrected chi connectivity index (χ1v) is 7.48. The molecule has 0 aliphatic heterocycles. The Labute approximate surface area is 131 Å². The van der Waals surface area contributed by atoms with Gasteiger partial charge in [-0.2, -0.15) is 5.26 Å². The van der Waals surface area contributed by atoms with Gasteiger partial charge >= 0.3 is 0 Å². The molecule has 0 unspecified atom stereocenters. The summed E-state index contributed by atoms with van der Waals surface area (Å²) in [6.07, 6.45) is 2.10. The zero-order valence-electron chi connectivity index (χ0n) is 12.8. The van der Waals surface area contributed by atoms with Crippen LogP contribution < -0.4 is 0 Å². The Balaban J connectivity index is 2.33. The molecule has 0 saturated carbocycles. The van der Waals surface area contributed by atoms with Crippen molar-refractivity contribution >= 4 is 0 Å². The summed E-state index contributed by atoms with van der Waals surface area (Å²) in [6, 6.07) is 23.0. The molecule has 2 nitrogen and oxygen atoms in total. The highest BCUT2D eigenvalue weighted by atomic mass is 15.0. The molecule has 0 fully saturated rings. The van der Waals surface area contributed by atoms with E-state index in [4.69, 9.17) is 0 Å². The second-order valence-electron chi connectivity index (χ2n) is 5.61. The summed E-state index contributed by atoms with van der Waals surface area (Å²) in [5.41, 5.74) is 5.06. The number of rotatable bonds is 3. The standard InChI is InChI=1S/C20H18N2/c1-15(2)22-14-18(16-9-5-3-6-10-16)20(19(22)13-21)17-11-7-4-8-12-17/h3-12,14-15H,1-2H3. The van der Waals surface area contributed by atoms with E-state index in [1.54, 1.807) is 0 Å².